The zero-order chi connectivity index (χ0) is 11.3. The molecule has 15 heavy (non-hydrogen) atoms. The van der Waals surface area contributed by atoms with Gasteiger partial charge in [0.2, 0.25) is 0 Å². The van der Waals surface area contributed by atoms with Crippen LogP contribution in [0.3, 0.4) is 0 Å². The molecule has 0 amide bonds. The van der Waals surface area contributed by atoms with E-state index in [1.165, 1.54) is 19.2 Å². The van der Waals surface area contributed by atoms with Crippen LogP contribution in [0.4, 0.5) is 0 Å². The Hall–Kier alpha value is -2.04. The second-order valence-corrected chi connectivity index (χ2v) is 2.67. The SMILES string of the molecule is COC(=O)c1ccccc1OCC(=O)O. The van der Waals surface area contributed by atoms with E-state index in [1.54, 1.807) is 12.1 Å². The molecule has 0 aliphatic rings. The number of hydrogen-bond acceptors (Lipinski definition) is 4. The van der Waals surface area contributed by atoms with Crippen molar-refractivity contribution >= 4 is 11.9 Å². The van der Waals surface area contributed by atoms with Crippen LogP contribution in [0.1, 0.15) is 10.4 Å². The van der Waals surface area contributed by atoms with Gasteiger partial charge < -0.3 is 14.6 Å². The van der Waals surface area contributed by atoms with Gasteiger partial charge >= 0.3 is 11.9 Å². The lowest BCUT2D eigenvalue weighted by Gasteiger charge is -2.07. The minimum atomic E-state index is -1.10. The van der Waals surface area contributed by atoms with E-state index in [0.29, 0.717) is 0 Å². The van der Waals surface area contributed by atoms with Crippen molar-refractivity contribution in [2.24, 2.45) is 0 Å². The summed E-state index contributed by atoms with van der Waals surface area (Å²) in [7, 11) is 1.25. The quantitative estimate of drug-likeness (QED) is 0.748. The van der Waals surface area contributed by atoms with Crippen LogP contribution in [-0.4, -0.2) is 30.8 Å². The molecule has 0 aliphatic carbocycles. The Morgan fingerprint density at radius 3 is 2.60 bits per heavy atom. The van der Waals surface area contributed by atoms with Crippen molar-refractivity contribution in [3.05, 3.63) is 29.8 Å². The molecule has 5 nitrogen and oxygen atoms in total. The second-order valence-electron chi connectivity index (χ2n) is 2.67. The molecule has 0 aliphatic heterocycles. The number of ether oxygens (including phenoxy) is 2. The van der Waals surface area contributed by atoms with E-state index < -0.39 is 18.5 Å². The Kier molecular flexibility index (Phi) is 3.68. The van der Waals surface area contributed by atoms with E-state index in [-0.39, 0.29) is 11.3 Å². The van der Waals surface area contributed by atoms with Crippen LogP contribution >= 0.6 is 0 Å². The fourth-order valence-corrected chi connectivity index (χ4v) is 1.01. The topological polar surface area (TPSA) is 72.8 Å². The molecule has 0 bridgehead atoms. The summed E-state index contributed by atoms with van der Waals surface area (Å²) in [5.74, 6) is -1.46. The first-order chi connectivity index (χ1) is 7.15. The highest BCUT2D eigenvalue weighted by molar-refractivity contribution is 5.92. The van der Waals surface area contributed by atoms with E-state index in [1.807, 2.05) is 0 Å². The highest BCUT2D eigenvalue weighted by atomic mass is 16.5. The molecule has 1 aromatic carbocycles. The van der Waals surface area contributed by atoms with E-state index in [0.717, 1.165) is 0 Å². The Labute approximate surface area is 86.2 Å². The number of benzene rings is 1. The number of hydrogen-bond donors (Lipinski definition) is 1. The summed E-state index contributed by atoms with van der Waals surface area (Å²) in [4.78, 5) is 21.5. The molecule has 0 radical (unpaired) electrons. The van der Waals surface area contributed by atoms with Gasteiger partial charge in [0.1, 0.15) is 11.3 Å². The second kappa shape index (κ2) is 4.99. The maximum atomic E-state index is 11.2. The van der Waals surface area contributed by atoms with Crippen LogP contribution in [0.15, 0.2) is 24.3 Å². The molecule has 0 spiro atoms. The van der Waals surface area contributed by atoms with Gasteiger partial charge in [0.15, 0.2) is 6.61 Å². The molecule has 80 valence electrons. The summed E-state index contributed by atoms with van der Waals surface area (Å²) in [5, 5.41) is 8.42. The summed E-state index contributed by atoms with van der Waals surface area (Å²) in [6, 6.07) is 6.29. The fourth-order valence-electron chi connectivity index (χ4n) is 1.01. The normalized spacial score (nSPS) is 9.40. The molecule has 0 aromatic heterocycles. The zero-order valence-corrected chi connectivity index (χ0v) is 8.10. The van der Waals surface area contributed by atoms with Gasteiger partial charge in [-0.3, -0.25) is 0 Å². The molecular weight excluding hydrogens is 200 g/mol. The van der Waals surface area contributed by atoms with Gasteiger partial charge in [-0.05, 0) is 12.1 Å². The number of carboxylic acid groups (broad SMARTS) is 1. The molecular formula is C10H10O5. The Morgan fingerprint density at radius 2 is 2.00 bits per heavy atom. The third-order valence-corrected chi connectivity index (χ3v) is 1.64. The zero-order valence-electron chi connectivity index (χ0n) is 8.10. The van der Waals surface area contributed by atoms with Crippen molar-refractivity contribution < 1.29 is 24.2 Å². The standard InChI is InChI=1S/C10H10O5/c1-14-10(13)7-4-2-3-5-8(7)15-6-9(11)12/h2-5H,6H2,1H3,(H,11,12). The van der Waals surface area contributed by atoms with Crippen molar-refractivity contribution in [1.82, 2.24) is 0 Å². The van der Waals surface area contributed by atoms with Gasteiger partial charge in [-0.2, -0.15) is 0 Å². The Balaban J connectivity index is 2.86. The summed E-state index contributed by atoms with van der Waals surface area (Å²) in [6.07, 6.45) is 0. The van der Waals surface area contributed by atoms with E-state index in [4.69, 9.17) is 9.84 Å². The van der Waals surface area contributed by atoms with Gasteiger partial charge in [-0.25, -0.2) is 9.59 Å². The maximum absolute atomic E-state index is 11.2. The predicted molar refractivity (Wildman–Crippen MR) is 50.9 cm³/mol. The number of methoxy groups -OCH3 is 1. The predicted octanol–water partition coefficient (Wildman–Crippen LogP) is 0.937. The first-order valence-electron chi connectivity index (χ1n) is 4.17. The molecule has 0 saturated heterocycles. The minimum absolute atomic E-state index is 0.201. The summed E-state index contributed by atoms with van der Waals surface area (Å²) >= 11 is 0. The number of carboxylic acids is 1. The average molecular weight is 210 g/mol. The highest BCUT2D eigenvalue weighted by Crippen LogP contribution is 2.18. The molecule has 0 saturated carbocycles. The van der Waals surface area contributed by atoms with Crippen LogP contribution in [0, 0.1) is 0 Å². The molecule has 5 heteroatoms. The molecule has 0 unspecified atom stereocenters. The summed E-state index contributed by atoms with van der Waals surface area (Å²) < 4.78 is 9.44. The van der Waals surface area contributed by atoms with Gasteiger partial charge in [0.05, 0.1) is 7.11 Å². The van der Waals surface area contributed by atoms with E-state index in [9.17, 15) is 9.59 Å². The summed E-state index contributed by atoms with van der Waals surface area (Å²) in [6.45, 7) is -0.492. The number of rotatable bonds is 4. The van der Waals surface area contributed by atoms with Crippen molar-refractivity contribution in [2.45, 2.75) is 0 Å². The molecule has 1 N–H and O–H groups in total. The van der Waals surface area contributed by atoms with Crippen molar-refractivity contribution in [3.8, 4) is 5.75 Å². The molecule has 1 rings (SSSR count). The van der Waals surface area contributed by atoms with Crippen molar-refractivity contribution in [3.63, 3.8) is 0 Å². The van der Waals surface area contributed by atoms with Crippen molar-refractivity contribution in [2.75, 3.05) is 13.7 Å². The van der Waals surface area contributed by atoms with E-state index in [2.05, 4.69) is 4.74 Å². The monoisotopic (exact) mass is 210 g/mol. The maximum Gasteiger partial charge on any atom is 0.341 e. The van der Waals surface area contributed by atoms with Gasteiger partial charge in [-0.15, -0.1) is 0 Å². The molecule has 0 atom stereocenters. The van der Waals surface area contributed by atoms with Gasteiger partial charge in [0.25, 0.3) is 0 Å². The average Bonchev–Trinajstić information content (AvgIpc) is 2.25. The molecule has 1 aromatic rings. The third-order valence-electron chi connectivity index (χ3n) is 1.64. The lowest BCUT2D eigenvalue weighted by atomic mass is 10.2. The Bertz CT molecular complexity index is 372. The van der Waals surface area contributed by atoms with Gasteiger partial charge in [-0.1, -0.05) is 12.1 Å². The third kappa shape index (κ3) is 2.98. The van der Waals surface area contributed by atoms with Crippen LogP contribution in [0.2, 0.25) is 0 Å². The first-order valence-corrected chi connectivity index (χ1v) is 4.17. The lowest BCUT2D eigenvalue weighted by Crippen LogP contribution is -2.12. The van der Waals surface area contributed by atoms with Crippen LogP contribution in [0.25, 0.3) is 0 Å². The van der Waals surface area contributed by atoms with Crippen LogP contribution in [0.5, 0.6) is 5.75 Å². The first kappa shape index (κ1) is 11.0. The number of para-hydroxylation sites is 1. The smallest absolute Gasteiger partial charge is 0.341 e. The van der Waals surface area contributed by atoms with Crippen LogP contribution in [-0.2, 0) is 9.53 Å². The lowest BCUT2D eigenvalue weighted by molar-refractivity contribution is -0.139. The largest absolute Gasteiger partial charge is 0.481 e. The number of esters is 1. The number of carbonyl (C=O) groups is 2. The van der Waals surface area contributed by atoms with Crippen molar-refractivity contribution in [1.29, 1.82) is 0 Å². The molecule has 0 fully saturated rings. The minimum Gasteiger partial charge on any atom is -0.481 e. The van der Waals surface area contributed by atoms with E-state index >= 15 is 0 Å². The number of aliphatic carboxylic acids is 1. The molecule has 0 heterocycles. The number of carbonyl (C=O) groups excluding carboxylic acids is 1. The Morgan fingerprint density at radius 1 is 1.33 bits per heavy atom. The fraction of sp³-hybridized carbons (Fsp3) is 0.200. The van der Waals surface area contributed by atoms with Crippen LogP contribution < -0.4 is 4.74 Å². The highest BCUT2D eigenvalue weighted by Gasteiger charge is 2.12. The van der Waals surface area contributed by atoms with Gasteiger partial charge in [0, 0.05) is 0 Å². The summed E-state index contributed by atoms with van der Waals surface area (Å²) in [5.41, 5.74) is 0.209.